The Morgan fingerprint density at radius 2 is 1.57 bits per heavy atom. The van der Waals surface area contributed by atoms with Crippen molar-refractivity contribution < 1.29 is 20.1 Å². The SMILES string of the molecule is CCN1C2=C(c3ccccc3)CC(c3ccccc3)=[C-]N2c2ncccc21.[Ir]. The fourth-order valence-corrected chi connectivity index (χ4v) is 3.94. The molecule has 0 fully saturated rings. The Morgan fingerprint density at radius 1 is 0.893 bits per heavy atom. The Morgan fingerprint density at radius 3 is 2.25 bits per heavy atom. The Hall–Kier alpha value is -2.68. The zero-order valence-electron chi connectivity index (χ0n) is 15.6. The van der Waals surface area contributed by atoms with E-state index in [0.717, 1.165) is 24.5 Å². The molecule has 2 aliphatic rings. The molecule has 2 aliphatic heterocycles. The summed E-state index contributed by atoms with van der Waals surface area (Å²) in [5.41, 5.74) is 6.10. The topological polar surface area (TPSA) is 19.4 Å². The number of anilines is 2. The maximum atomic E-state index is 4.67. The minimum Gasteiger partial charge on any atom is -0.406 e. The quantitative estimate of drug-likeness (QED) is 0.417. The predicted molar refractivity (Wildman–Crippen MR) is 111 cm³/mol. The van der Waals surface area contributed by atoms with Crippen LogP contribution in [0.15, 0.2) is 84.8 Å². The van der Waals surface area contributed by atoms with Crippen LogP contribution in [-0.4, -0.2) is 11.5 Å². The maximum absolute atomic E-state index is 4.67. The van der Waals surface area contributed by atoms with Crippen molar-refractivity contribution in [1.29, 1.82) is 0 Å². The van der Waals surface area contributed by atoms with Gasteiger partial charge in [0.2, 0.25) is 0 Å². The van der Waals surface area contributed by atoms with E-state index in [4.69, 9.17) is 0 Å². The molecule has 0 amide bonds. The fourth-order valence-electron chi connectivity index (χ4n) is 3.94. The van der Waals surface area contributed by atoms with Crippen molar-refractivity contribution in [2.75, 3.05) is 16.3 Å². The van der Waals surface area contributed by atoms with Crippen molar-refractivity contribution in [3.8, 4) is 0 Å². The van der Waals surface area contributed by atoms with Crippen LogP contribution in [0.5, 0.6) is 0 Å². The first-order valence-corrected chi connectivity index (χ1v) is 9.36. The molecule has 1 radical (unpaired) electrons. The molecule has 3 aromatic rings. The summed E-state index contributed by atoms with van der Waals surface area (Å²) in [4.78, 5) is 9.16. The van der Waals surface area contributed by atoms with E-state index in [0.29, 0.717) is 0 Å². The molecule has 0 atom stereocenters. The Labute approximate surface area is 179 Å². The molecule has 0 spiro atoms. The summed E-state index contributed by atoms with van der Waals surface area (Å²) in [6.45, 7) is 3.08. The van der Waals surface area contributed by atoms with Crippen LogP contribution >= 0.6 is 0 Å². The normalized spacial score (nSPS) is 15.0. The monoisotopic (exact) mass is 543 g/mol. The molecular weight excluding hydrogens is 523 g/mol. The van der Waals surface area contributed by atoms with E-state index >= 15 is 0 Å². The third kappa shape index (κ3) is 2.99. The first-order valence-electron chi connectivity index (χ1n) is 9.36. The number of allylic oxidation sites excluding steroid dienone is 2. The van der Waals surface area contributed by atoms with Gasteiger partial charge in [-0.1, -0.05) is 72.4 Å². The molecule has 2 aromatic carbocycles. The van der Waals surface area contributed by atoms with Crippen molar-refractivity contribution in [2.24, 2.45) is 0 Å². The van der Waals surface area contributed by atoms with Crippen LogP contribution in [0.2, 0.25) is 0 Å². The van der Waals surface area contributed by atoms with Gasteiger partial charge in [0.15, 0.2) is 0 Å². The Kier molecular flexibility index (Phi) is 5.17. The predicted octanol–water partition coefficient (Wildman–Crippen LogP) is 5.34. The van der Waals surface area contributed by atoms with Gasteiger partial charge < -0.3 is 9.80 Å². The van der Waals surface area contributed by atoms with Gasteiger partial charge in [0.1, 0.15) is 0 Å². The number of fused-ring (bicyclic) bond motifs is 3. The number of nitrogens with zero attached hydrogens (tertiary/aromatic N) is 3. The summed E-state index contributed by atoms with van der Waals surface area (Å²) >= 11 is 0. The molecule has 3 heterocycles. The summed E-state index contributed by atoms with van der Waals surface area (Å²) in [5, 5.41) is 0. The summed E-state index contributed by atoms with van der Waals surface area (Å²) < 4.78 is 0. The van der Waals surface area contributed by atoms with Gasteiger partial charge in [-0.25, -0.2) is 0 Å². The van der Waals surface area contributed by atoms with E-state index in [9.17, 15) is 0 Å². The minimum absolute atomic E-state index is 0. The second-order valence-corrected chi connectivity index (χ2v) is 6.73. The molecule has 28 heavy (non-hydrogen) atoms. The van der Waals surface area contributed by atoms with Crippen molar-refractivity contribution in [2.45, 2.75) is 13.3 Å². The van der Waals surface area contributed by atoms with E-state index in [1.165, 1.54) is 28.1 Å². The van der Waals surface area contributed by atoms with Crippen LogP contribution in [0, 0.1) is 6.20 Å². The Bertz CT molecular complexity index is 1040. The standard InChI is InChI=1S/C24H20N3.Ir/c1-2-26-22-14-9-15-25-23(22)27-17-20(18-10-5-3-6-11-18)16-21(24(26)27)19-12-7-4-8-13-19;/h3-15H,2,16H2,1H3;/q-1;. The van der Waals surface area contributed by atoms with E-state index in [-0.39, 0.29) is 20.1 Å². The van der Waals surface area contributed by atoms with Gasteiger partial charge in [0.05, 0.1) is 5.82 Å². The smallest absolute Gasteiger partial charge is 0.0787 e. The van der Waals surface area contributed by atoms with E-state index in [2.05, 4.69) is 94.6 Å². The van der Waals surface area contributed by atoms with Gasteiger partial charge in [-0.15, -0.1) is 5.57 Å². The van der Waals surface area contributed by atoms with Crippen LogP contribution in [0.1, 0.15) is 24.5 Å². The van der Waals surface area contributed by atoms with Crippen LogP contribution in [0.3, 0.4) is 0 Å². The Balaban J connectivity index is 0.00000192. The first kappa shape index (κ1) is 18.7. The second-order valence-electron chi connectivity index (χ2n) is 6.73. The van der Waals surface area contributed by atoms with Gasteiger partial charge in [0, 0.05) is 44.4 Å². The molecule has 1 aromatic heterocycles. The molecule has 141 valence electrons. The largest absolute Gasteiger partial charge is 0.406 e. The molecule has 5 rings (SSSR count). The maximum Gasteiger partial charge on any atom is 0.0787 e. The average Bonchev–Trinajstić information content (AvgIpc) is 3.08. The molecule has 0 saturated carbocycles. The molecule has 0 bridgehead atoms. The second kappa shape index (κ2) is 7.75. The molecular formula is C24H20IrN3-. The summed E-state index contributed by atoms with van der Waals surface area (Å²) in [6, 6.07) is 25.3. The average molecular weight is 543 g/mol. The molecule has 0 unspecified atom stereocenters. The molecule has 0 aliphatic carbocycles. The van der Waals surface area contributed by atoms with Crippen LogP contribution in [0.25, 0.3) is 11.1 Å². The van der Waals surface area contributed by atoms with E-state index < -0.39 is 0 Å². The number of hydrogen-bond donors (Lipinski definition) is 0. The fraction of sp³-hybridized carbons (Fsp3) is 0.125. The molecule has 4 heteroatoms. The zero-order valence-corrected chi connectivity index (χ0v) is 18.0. The molecule has 0 N–H and O–H groups in total. The number of aromatic nitrogens is 1. The third-order valence-corrected chi connectivity index (χ3v) is 5.17. The van der Waals surface area contributed by atoms with Gasteiger partial charge in [-0.3, -0.25) is 4.98 Å². The van der Waals surface area contributed by atoms with Crippen molar-refractivity contribution in [1.82, 2.24) is 4.98 Å². The summed E-state index contributed by atoms with van der Waals surface area (Å²) in [6.07, 6.45) is 6.35. The number of hydrogen-bond acceptors (Lipinski definition) is 3. The summed E-state index contributed by atoms with van der Waals surface area (Å²) in [7, 11) is 0. The van der Waals surface area contributed by atoms with Gasteiger partial charge in [0.25, 0.3) is 0 Å². The summed E-state index contributed by atoms with van der Waals surface area (Å²) in [5.74, 6) is 2.13. The van der Waals surface area contributed by atoms with Gasteiger partial charge in [-0.2, -0.15) is 0 Å². The van der Waals surface area contributed by atoms with Gasteiger partial charge in [-0.05, 0) is 36.6 Å². The number of rotatable bonds is 3. The number of benzene rings is 2. The molecule has 0 saturated heterocycles. The molecule has 3 nitrogen and oxygen atoms in total. The third-order valence-electron chi connectivity index (χ3n) is 5.17. The van der Waals surface area contributed by atoms with E-state index in [1.807, 2.05) is 12.3 Å². The number of pyridine rings is 1. The van der Waals surface area contributed by atoms with Crippen LogP contribution in [0.4, 0.5) is 11.5 Å². The van der Waals surface area contributed by atoms with Crippen molar-refractivity contribution in [3.05, 3.63) is 102 Å². The van der Waals surface area contributed by atoms with Crippen molar-refractivity contribution >= 4 is 22.7 Å². The van der Waals surface area contributed by atoms with E-state index in [1.54, 1.807) is 0 Å². The zero-order chi connectivity index (χ0) is 18.2. The minimum atomic E-state index is 0. The van der Waals surface area contributed by atoms with Crippen LogP contribution in [-0.2, 0) is 20.1 Å². The van der Waals surface area contributed by atoms with Crippen molar-refractivity contribution in [3.63, 3.8) is 0 Å². The first-order chi connectivity index (χ1) is 13.4. The van der Waals surface area contributed by atoms with Crippen LogP contribution < -0.4 is 9.80 Å². The van der Waals surface area contributed by atoms with Gasteiger partial charge >= 0.3 is 0 Å².